The van der Waals surface area contributed by atoms with Crippen molar-refractivity contribution in [1.29, 1.82) is 0 Å². The molecule has 2 amide bonds. The van der Waals surface area contributed by atoms with E-state index in [1.807, 2.05) is 0 Å². The van der Waals surface area contributed by atoms with E-state index in [-0.39, 0.29) is 22.3 Å². The van der Waals surface area contributed by atoms with Gasteiger partial charge < -0.3 is 10.2 Å². The van der Waals surface area contributed by atoms with Gasteiger partial charge >= 0.3 is 0 Å². The van der Waals surface area contributed by atoms with E-state index in [9.17, 15) is 9.59 Å². The second-order valence-electron chi connectivity index (χ2n) is 5.90. The fourth-order valence-electron chi connectivity index (χ4n) is 2.66. The molecule has 2 aromatic heterocycles. The summed E-state index contributed by atoms with van der Waals surface area (Å²) in [5.41, 5.74) is 0.763. The van der Waals surface area contributed by atoms with Gasteiger partial charge in [-0.15, -0.1) is 0 Å². The minimum atomic E-state index is -0.458. The number of nitrogens with zero attached hydrogens (tertiary/aromatic N) is 4. The van der Waals surface area contributed by atoms with Crippen LogP contribution in [0.3, 0.4) is 0 Å². The van der Waals surface area contributed by atoms with Gasteiger partial charge in [-0.25, -0.2) is 9.67 Å². The monoisotopic (exact) mass is 515 g/mol. The normalized spacial score (nSPS) is 10.7. The Labute approximate surface area is 189 Å². The standard InChI is InChI=1S/C18H13BrCl3N5O2/c1-9(28)24-13-7-10(20)6-12(22)16(13)26(2)18(29)14-8-15(19)25-27(14)17-11(21)4-3-5-23-17/h3-8H,1-2H3,(H,24,28). The molecular formula is C18H13BrCl3N5O2. The van der Waals surface area contributed by atoms with Gasteiger partial charge in [0.25, 0.3) is 5.91 Å². The van der Waals surface area contributed by atoms with Crippen molar-refractivity contribution >= 4 is 73.9 Å². The molecular weight excluding hydrogens is 504 g/mol. The molecule has 1 N–H and O–H groups in total. The Morgan fingerprint density at radius 1 is 1.17 bits per heavy atom. The molecule has 2 heterocycles. The van der Waals surface area contributed by atoms with Crippen LogP contribution >= 0.6 is 50.7 Å². The molecule has 0 aliphatic heterocycles. The van der Waals surface area contributed by atoms with E-state index < -0.39 is 5.91 Å². The number of carbonyl (C=O) groups is 2. The van der Waals surface area contributed by atoms with E-state index in [2.05, 4.69) is 31.3 Å². The summed E-state index contributed by atoms with van der Waals surface area (Å²) in [6.45, 7) is 1.34. The van der Waals surface area contributed by atoms with Crippen molar-refractivity contribution in [2.75, 3.05) is 17.3 Å². The van der Waals surface area contributed by atoms with Crippen LogP contribution in [0.4, 0.5) is 11.4 Å². The second-order valence-corrected chi connectivity index (χ2v) is 7.97. The molecule has 3 aromatic rings. The van der Waals surface area contributed by atoms with Crippen molar-refractivity contribution in [1.82, 2.24) is 14.8 Å². The Bertz CT molecular complexity index is 1120. The minimum Gasteiger partial charge on any atom is -0.324 e. The molecule has 0 saturated heterocycles. The summed E-state index contributed by atoms with van der Waals surface area (Å²) in [5.74, 6) is -0.500. The Morgan fingerprint density at radius 3 is 2.55 bits per heavy atom. The maximum Gasteiger partial charge on any atom is 0.276 e. The summed E-state index contributed by atoms with van der Waals surface area (Å²) in [6.07, 6.45) is 1.54. The summed E-state index contributed by atoms with van der Waals surface area (Å²) in [6, 6.07) is 7.84. The molecule has 0 bridgehead atoms. The average Bonchev–Trinajstić information content (AvgIpc) is 3.01. The Kier molecular flexibility index (Phi) is 6.48. The molecule has 0 aliphatic carbocycles. The fourth-order valence-corrected chi connectivity index (χ4v) is 3.86. The number of benzene rings is 1. The number of pyridine rings is 1. The smallest absolute Gasteiger partial charge is 0.276 e. The Hall–Kier alpha value is -2.13. The van der Waals surface area contributed by atoms with Crippen LogP contribution in [-0.2, 0) is 4.79 Å². The summed E-state index contributed by atoms with van der Waals surface area (Å²) in [5, 5.41) is 7.73. The third kappa shape index (κ3) is 4.56. The van der Waals surface area contributed by atoms with Crippen LogP contribution in [0, 0.1) is 0 Å². The molecule has 0 spiro atoms. The maximum absolute atomic E-state index is 13.3. The molecule has 3 rings (SSSR count). The first-order chi connectivity index (χ1) is 13.7. The number of anilines is 2. The van der Waals surface area contributed by atoms with Crippen molar-refractivity contribution in [2.24, 2.45) is 0 Å². The Morgan fingerprint density at radius 2 is 1.90 bits per heavy atom. The van der Waals surface area contributed by atoms with Crippen LogP contribution in [-0.4, -0.2) is 33.6 Å². The highest BCUT2D eigenvalue weighted by molar-refractivity contribution is 9.10. The largest absolute Gasteiger partial charge is 0.324 e. The van der Waals surface area contributed by atoms with E-state index >= 15 is 0 Å². The number of aromatic nitrogens is 3. The number of nitrogens with one attached hydrogen (secondary N) is 1. The number of halogens is 4. The van der Waals surface area contributed by atoms with Gasteiger partial charge in [0.05, 0.1) is 21.4 Å². The van der Waals surface area contributed by atoms with Crippen LogP contribution in [0.5, 0.6) is 0 Å². The van der Waals surface area contributed by atoms with Crippen molar-refractivity contribution < 1.29 is 9.59 Å². The lowest BCUT2D eigenvalue weighted by molar-refractivity contribution is -0.114. The predicted octanol–water partition coefficient (Wildman–Crippen LogP) is 5.23. The van der Waals surface area contributed by atoms with Crippen LogP contribution in [0.15, 0.2) is 41.1 Å². The number of hydrogen-bond donors (Lipinski definition) is 1. The zero-order valence-electron chi connectivity index (χ0n) is 15.1. The molecule has 7 nitrogen and oxygen atoms in total. The van der Waals surface area contributed by atoms with Gasteiger partial charge in [-0.05, 0) is 40.2 Å². The molecule has 1 aromatic carbocycles. The van der Waals surface area contributed by atoms with Gasteiger partial charge in [-0.3, -0.25) is 9.59 Å². The lowest BCUT2D eigenvalue weighted by Crippen LogP contribution is -2.30. The molecule has 0 radical (unpaired) electrons. The van der Waals surface area contributed by atoms with E-state index in [0.717, 1.165) is 0 Å². The summed E-state index contributed by atoms with van der Waals surface area (Å²) in [4.78, 5) is 30.4. The second kappa shape index (κ2) is 8.71. The number of rotatable bonds is 4. The van der Waals surface area contributed by atoms with Crippen molar-refractivity contribution in [3.8, 4) is 5.82 Å². The van der Waals surface area contributed by atoms with Crippen molar-refractivity contribution in [2.45, 2.75) is 6.92 Å². The minimum absolute atomic E-state index is 0.180. The van der Waals surface area contributed by atoms with Crippen LogP contribution < -0.4 is 10.2 Å². The predicted molar refractivity (Wildman–Crippen MR) is 118 cm³/mol. The third-order valence-electron chi connectivity index (χ3n) is 3.82. The van der Waals surface area contributed by atoms with Gasteiger partial charge in [0.15, 0.2) is 5.82 Å². The fraction of sp³-hybridized carbons (Fsp3) is 0.111. The quantitative estimate of drug-likeness (QED) is 0.514. The molecule has 29 heavy (non-hydrogen) atoms. The molecule has 11 heteroatoms. The Balaban J connectivity index is 2.10. The average molecular weight is 518 g/mol. The molecule has 150 valence electrons. The van der Waals surface area contributed by atoms with Crippen molar-refractivity contribution in [3.63, 3.8) is 0 Å². The van der Waals surface area contributed by atoms with Crippen LogP contribution in [0.25, 0.3) is 5.82 Å². The number of hydrogen-bond acceptors (Lipinski definition) is 4. The van der Waals surface area contributed by atoms with Gasteiger partial charge in [0.1, 0.15) is 10.3 Å². The van der Waals surface area contributed by atoms with E-state index in [1.54, 1.807) is 18.3 Å². The number of amides is 2. The summed E-state index contributed by atoms with van der Waals surface area (Å²) >= 11 is 21.9. The maximum atomic E-state index is 13.3. The highest BCUT2D eigenvalue weighted by Gasteiger charge is 2.25. The molecule has 0 aliphatic rings. The van der Waals surface area contributed by atoms with E-state index in [1.165, 1.54) is 41.8 Å². The highest BCUT2D eigenvalue weighted by atomic mass is 79.9. The van der Waals surface area contributed by atoms with E-state index in [4.69, 9.17) is 34.8 Å². The first kappa shape index (κ1) is 21.6. The lowest BCUT2D eigenvalue weighted by Gasteiger charge is -2.22. The first-order valence-electron chi connectivity index (χ1n) is 8.10. The van der Waals surface area contributed by atoms with Crippen LogP contribution in [0.2, 0.25) is 15.1 Å². The molecule has 0 unspecified atom stereocenters. The lowest BCUT2D eigenvalue weighted by atomic mass is 10.2. The van der Waals surface area contributed by atoms with Gasteiger partial charge in [-0.2, -0.15) is 5.10 Å². The van der Waals surface area contributed by atoms with Crippen LogP contribution in [0.1, 0.15) is 17.4 Å². The molecule has 0 fully saturated rings. The first-order valence-corrected chi connectivity index (χ1v) is 10.0. The number of carbonyl (C=O) groups excluding carboxylic acids is 2. The van der Waals surface area contributed by atoms with Crippen molar-refractivity contribution in [3.05, 3.63) is 61.9 Å². The van der Waals surface area contributed by atoms with Gasteiger partial charge in [0, 0.05) is 31.3 Å². The SMILES string of the molecule is CC(=O)Nc1cc(Cl)cc(Cl)c1N(C)C(=O)c1cc(Br)nn1-c1ncccc1Cl. The third-order valence-corrected chi connectivity index (χ3v) is 5.01. The van der Waals surface area contributed by atoms with Gasteiger partial charge in [-0.1, -0.05) is 34.8 Å². The molecule has 0 atom stereocenters. The molecule has 0 saturated carbocycles. The zero-order valence-corrected chi connectivity index (χ0v) is 18.9. The topological polar surface area (TPSA) is 80.1 Å². The highest BCUT2D eigenvalue weighted by Crippen LogP contribution is 2.37. The van der Waals surface area contributed by atoms with Gasteiger partial charge in [0.2, 0.25) is 5.91 Å². The van der Waals surface area contributed by atoms with E-state index in [0.29, 0.717) is 26.2 Å². The summed E-state index contributed by atoms with van der Waals surface area (Å²) in [7, 11) is 1.52. The zero-order chi connectivity index (χ0) is 21.3. The summed E-state index contributed by atoms with van der Waals surface area (Å²) < 4.78 is 1.74.